The Morgan fingerprint density at radius 3 is 2.70 bits per heavy atom. The van der Waals surface area contributed by atoms with Crippen molar-refractivity contribution in [2.75, 3.05) is 0 Å². The van der Waals surface area contributed by atoms with Crippen LogP contribution in [0.15, 0.2) is 39.6 Å². The molecular weight excluding hydrogens is 358 g/mol. The minimum atomic E-state index is 0.748. The maximum Gasteiger partial charge on any atom is 0.235 e. The monoisotopic (exact) mass is 363 g/mol. The van der Waals surface area contributed by atoms with E-state index in [2.05, 4.69) is 36.2 Å². The van der Waals surface area contributed by atoms with Gasteiger partial charge in [-0.25, -0.2) is 4.98 Å². The van der Waals surface area contributed by atoms with E-state index < -0.39 is 0 Å². The fourth-order valence-electron chi connectivity index (χ4n) is 1.84. The van der Waals surface area contributed by atoms with Crippen LogP contribution in [0.1, 0.15) is 0 Å². The van der Waals surface area contributed by atoms with Crippen LogP contribution >= 0.6 is 38.6 Å². The van der Waals surface area contributed by atoms with Crippen LogP contribution in [0.25, 0.3) is 27.1 Å². The van der Waals surface area contributed by atoms with E-state index in [1.165, 1.54) is 22.7 Å². The number of fused-ring (bicyclic) bond motifs is 1. The lowest BCUT2D eigenvalue weighted by Crippen LogP contribution is -1.90. The molecule has 3 aromatic heterocycles. The second-order valence-electron chi connectivity index (χ2n) is 3.98. The highest BCUT2D eigenvalue weighted by molar-refractivity contribution is 9.11. The topological polar surface area (TPSA) is 56.0 Å². The maximum absolute atomic E-state index is 4.57. The van der Waals surface area contributed by atoms with Gasteiger partial charge in [0.25, 0.3) is 0 Å². The van der Waals surface area contributed by atoms with Crippen molar-refractivity contribution in [3.05, 3.63) is 39.6 Å². The molecule has 0 radical (unpaired) electrons. The molecule has 3 heterocycles. The van der Waals surface area contributed by atoms with Gasteiger partial charge in [0.05, 0.1) is 0 Å². The number of hydrogen-bond acceptors (Lipinski definition) is 6. The van der Waals surface area contributed by atoms with Crippen LogP contribution in [-0.2, 0) is 0 Å². The molecule has 0 N–H and O–H groups in total. The molecule has 0 aliphatic heterocycles. The van der Waals surface area contributed by atoms with Crippen molar-refractivity contribution in [2.45, 2.75) is 0 Å². The number of aromatic nitrogens is 5. The van der Waals surface area contributed by atoms with Gasteiger partial charge in [-0.15, -0.1) is 21.5 Å². The number of thiazole rings is 1. The predicted molar refractivity (Wildman–Crippen MR) is 82.9 cm³/mol. The Morgan fingerprint density at radius 2 is 1.95 bits per heavy atom. The number of nitrogens with zero attached hydrogens (tertiary/aromatic N) is 5. The van der Waals surface area contributed by atoms with E-state index in [-0.39, 0.29) is 0 Å². The molecule has 0 amide bonds. The van der Waals surface area contributed by atoms with Crippen molar-refractivity contribution < 1.29 is 0 Å². The molecule has 0 unspecified atom stereocenters. The average Bonchev–Trinajstić information content (AvgIpc) is 3.13. The van der Waals surface area contributed by atoms with Crippen molar-refractivity contribution in [3.63, 3.8) is 0 Å². The molecule has 0 saturated carbocycles. The molecule has 98 valence electrons. The van der Waals surface area contributed by atoms with E-state index in [1.54, 1.807) is 4.52 Å². The van der Waals surface area contributed by atoms with Crippen LogP contribution in [-0.4, -0.2) is 24.8 Å². The lowest BCUT2D eigenvalue weighted by molar-refractivity contribution is 0.968. The van der Waals surface area contributed by atoms with E-state index in [9.17, 15) is 0 Å². The van der Waals surface area contributed by atoms with E-state index in [4.69, 9.17) is 0 Å². The summed E-state index contributed by atoms with van der Waals surface area (Å²) in [5.74, 6) is 0.748. The number of rotatable bonds is 2. The number of halogens is 1. The van der Waals surface area contributed by atoms with Gasteiger partial charge in [-0.2, -0.15) is 9.61 Å². The Bertz CT molecular complexity index is 880. The Balaban J connectivity index is 1.87. The highest BCUT2D eigenvalue weighted by Crippen LogP contribution is 2.30. The van der Waals surface area contributed by atoms with Gasteiger partial charge < -0.3 is 0 Å². The zero-order valence-corrected chi connectivity index (χ0v) is 13.1. The molecule has 0 saturated heterocycles. The third-order valence-corrected chi connectivity index (χ3v) is 5.00. The molecule has 0 spiro atoms. The summed E-state index contributed by atoms with van der Waals surface area (Å²) in [6.45, 7) is 0. The van der Waals surface area contributed by atoms with Gasteiger partial charge in [-0.1, -0.05) is 41.7 Å². The fraction of sp³-hybridized carbons (Fsp3) is 0. The molecule has 0 bridgehead atoms. The molecule has 0 atom stereocenters. The van der Waals surface area contributed by atoms with Gasteiger partial charge in [-0.3, -0.25) is 0 Å². The van der Waals surface area contributed by atoms with Gasteiger partial charge in [0, 0.05) is 10.9 Å². The first-order valence-electron chi connectivity index (χ1n) is 5.70. The molecule has 0 aliphatic carbocycles. The number of hydrogen-bond donors (Lipinski definition) is 0. The Morgan fingerprint density at radius 1 is 1.10 bits per heavy atom. The van der Waals surface area contributed by atoms with Gasteiger partial charge in [0.15, 0.2) is 14.7 Å². The van der Waals surface area contributed by atoms with Crippen LogP contribution in [0.4, 0.5) is 0 Å². The average molecular weight is 364 g/mol. The molecule has 1 aromatic carbocycles. The molecule has 8 heteroatoms. The highest BCUT2D eigenvalue weighted by atomic mass is 79.9. The van der Waals surface area contributed by atoms with Crippen molar-refractivity contribution in [1.29, 1.82) is 0 Å². The summed E-state index contributed by atoms with van der Waals surface area (Å²) in [4.78, 5) is 5.15. The van der Waals surface area contributed by atoms with Crippen LogP contribution in [0.2, 0.25) is 0 Å². The summed E-state index contributed by atoms with van der Waals surface area (Å²) >= 11 is 6.38. The lowest BCUT2D eigenvalue weighted by Gasteiger charge is -1.94. The van der Waals surface area contributed by atoms with Gasteiger partial charge in [0.1, 0.15) is 5.69 Å². The SMILES string of the molecule is Brc1nc(-c2nn3c(-c4ccccc4)nnc3s2)cs1. The smallest absolute Gasteiger partial charge is 0.226 e. The van der Waals surface area contributed by atoms with E-state index in [0.29, 0.717) is 0 Å². The molecule has 4 aromatic rings. The quantitative estimate of drug-likeness (QED) is 0.544. The summed E-state index contributed by atoms with van der Waals surface area (Å²) in [6, 6.07) is 9.91. The highest BCUT2D eigenvalue weighted by Gasteiger charge is 2.15. The zero-order valence-electron chi connectivity index (χ0n) is 9.89. The van der Waals surface area contributed by atoms with Gasteiger partial charge >= 0.3 is 0 Å². The van der Waals surface area contributed by atoms with Crippen LogP contribution in [0, 0.1) is 0 Å². The maximum atomic E-state index is 4.57. The number of benzene rings is 1. The van der Waals surface area contributed by atoms with Crippen molar-refractivity contribution in [2.24, 2.45) is 0 Å². The summed E-state index contributed by atoms with van der Waals surface area (Å²) in [7, 11) is 0. The predicted octanol–water partition coefficient (Wildman–Crippen LogP) is 3.74. The molecule has 20 heavy (non-hydrogen) atoms. The molecule has 0 fully saturated rings. The first-order chi connectivity index (χ1) is 9.81. The fourth-order valence-corrected chi connectivity index (χ4v) is 3.71. The van der Waals surface area contributed by atoms with Crippen LogP contribution < -0.4 is 0 Å². The van der Waals surface area contributed by atoms with Crippen LogP contribution in [0.5, 0.6) is 0 Å². The second-order valence-corrected chi connectivity index (χ2v) is 7.07. The minimum Gasteiger partial charge on any atom is -0.226 e. The lowest BCUT2D eigenvalue weighted by atomic mass is 10.2. The minimum absolute atomic E-state index is 0.748. The summed E-state index contributed by atoms with van der Waals surface area (Å²) in [6.07, 6.45) is 0. The first kappa shape index (κ1) is 12.1. The van der Waals surface area contributed by atoms with Crippen molar-refractivity contribution in [3.8, 4) is 22.1 Å². The molecule has 5 nitrogen and oxygen atoms in total. The second kappa shape index (κ2) is 4.72. The molecule has 0 aliphatic rings. The first-order valence-corrected chi connectivity index (χ1v) is 8.19. The zero-order chi connectivity index (χ0) is 13.5. The molecular formula is C12H6BrN5S2. The Labute approximate surface area is 130 Å². The normalized spacial score (nSPS) is 11.2. The van der Waals surface area contributed by atoms with E-state index in [1.807, 2.05) is 35.7 Å². The third-order valence-electron chi connectivity index (χ3n) is 2.72. The largest absolute Gasteiger partial charge is 0.235 e. The van der Waals surface area contributed by atoms with Crippen molar-refractivity contribution >= 4 is 43.6 Å². The summed E-state index contributed by atoms with van der Waals surface area (Å²) < 4.78 is 2.62. The Kier molecular flexibility index (Phi) is 2.86. The molecule has 4 rings (SSSR count). The Hall–Kier alpha value is -1.64. The van der Waals surface area contributed by atoms with Crippen molar-refractivity contribution in [1.82, 2.24) is 24.8 Å². The third kappa shape index (κ3) is 1.96. The van der Waals surface area contributed by atoms with E-state index in [0.717, 1.165) is 31.0 Å². The van der Waals surface area contributed by atoms with Gasteiger partial charge in [-0.05, 0) is 15.9 Å². The standard InChI is InChI=1S/C12H6BrN5S2/c13-11-14-8(6-19-11)10-17-18-9(15-16-12(18)20-10)7-4-2-1-3-5-7/h1-6H. The van der Waals surface area contributed by atoms with Gasteiger partial charge in [0.2, 0.25) is 4.96 Å². The van der Waals surface area contributed by atoms with Crippen LogP contribution in [0.3, 0.4) is 0 Å². The van der Waals surface area contributed by atoms with E-state index >= 15 is 0 Å². The summed E-state index contributed by atoms with van der Waals surface area (Å²) in [5, 5.41) is 15.8. The summed E-state index contributed by atoms with van der Waals surface area (Å²) in [5.41, 5.74) is 1.85.